The zero-order valence-corrected chi connectivity index (χ0v) is 14.6. The van der Waals surface area contributed by atoms with Gasteiger partial charge in [0.05, 0.1) is 16.5 Å². The van der Waals surface area contributed by atoms with Crippen LogP contribution in [-0.2, 0) is 0 Å². The highest BCUT2D eigenvalue weighted by Gasteiger charge is 2.21. The Morgan fingerprint density at radius 3 is 2.73 bits per heavy atom. The molecule has 0 radical (unpaired) electrons. The molecular formula is C17H18N6O3. The quantitative estimate of drug-likeness (QED) is 0.556. The van der Waals surface area contributed by atoms with E-state index in [9.17, 15) is 14.9 Å². The first-order valence-corrected chi connectivity index (χ1v) is 7.94. The molecule has 0 saturated carbocycles. The molecule has 9 heteroatoms. The summed E-state index contributed by atoms with van der Waals surface area (Å²) in [6.45, 7) is 1.79. The monoisotopic (exact) mass is 354 g/mol. The Hall–Kier alpha value is -3.49. The number of benzene rings is 1. The molecule has 0 spiro atoms. The molecule has 1 N–H and O–H groups in total. The predicted molar refractivity (Wildman–Crippen MR) is 96.3 cm³/mol. The van der Waals surface area contributed by atoms with Gasteiger partial charge in [-0.3, -0.25) is 19.3 Å². The summed E-state index contributed by atoms with van der Waals surface area (Å²) in [5.41, 5.74) is 1.35. The van der Waals surface area contributed by atoms with Crippen LogP contribution in [0.5, 0.6) is 0 Å². The van der Waals surface area contributed by atoms with Crippen molar-refractivity contribution in [2.45, 2.75) is 13.0 Å². The van der Waals surface area contributed by atoms with Crippen LogP contribution in [-0.4, -0.2) is 39.5 Å². The maximum absolute atomic E-state index is 12.8. The van der Waals surface area contributed by atoms with Crippen LogP contribution in [0.4, 0.5) is 11.4 Å². The summed E-state index contributed by atoms with van der Waals surface area (Å²) in [7, 11) is 3.54. The van der Waals surface area contributed by atoms with Gasteiger partial charge in [0.15, 0.2) is 11.5 Å². The summed E-state index contributed by atoms with van der Waals surface area (Å²) < 4.78 is 1.78. The molecule has 26 heavy (non-hydrogen) atoms. The number of hydrogen-bond acceptors (Lipinski definition) is 6. The molecule has 3 aromatic rings. The SMILES string of the molecule is CC(NC(=O)c1cc([N+](=O)[O-])ccc1N(C)C)c1nnc2ccccn12. The number of carbonyl (C=O) groups is 1. The van der Waals surface area contributed by atoms with E-state index in [0.717, 1.165) is 0 Å². The maximum atomic E-state index is 12.8. The number of non-ortho nitro benzene ring substituents is 1. The Bertz CT molecular complexity index is 982. The fourth-order valence-electron chi connectivity index (χ4n) is 2.70. The first-order chi connectivity index (χ1) is 12.4. The van der Waals surface area contributed by atoms with Crippen molar-refractivity contribution in [3.63, 3.8) is 0 Å². The molecule has 0 fully saturated rings. The summed E-state index contributed by atoms with van der Waals surface area (Å²) in [6, 6.07) is 9.29. The van der Waals surface area contributed by atoms with Gasteiger partial charge in [0.2, 0.25) is 0 Å². The Morgan fingerprint density at radius 1 is 1.27 bits per heavy atom. The van der Waals surface area contributed by atoms with Crippen molar-refractivity contribution in [1.82, 2.24) is 19.9 Å². The standard InChI is InChI=1S/C17H18N6O3/c1-11(16-20-19-15-6-4-5-9-22(15)16)18-17(24)13-10-12(23(25)26)7-8-14(13)21(2)3/h4-11H,1-3H3,(H,18,24). The minimum atomic E-state index is -0.522. The van der Waals surface area contributed by atoms with Crippen molar-refractivity contribution in [1.29, 1.82) is 0 Å². The Kier molecular flexibility index (Phi) is 4.53. The van der Waals surface area contributed by atoms with Crippen LogP contribution in [0.1, 0.15) is 29.1 Å². The van der Waals surface area contributed by atoms with Crippen LogP contribution in [0.3, 0.4) is 0 Å². The summed E-state index contributed by atoms with van der Waals surface area (Å²) >= 11 is 0. The average Bonchev–Trinajstić information content (AvgIpc) is 3.05. The van der Waals surface area contributed by atoms with Crippen molar-refractivity contribution in [3.8, 4) is 0 Å². The van der Waals surface area contributed by atoms with E-state index in [4.69, 9.17) is 0 Å². The predicted octanol–water partition coefficient (Wildman–Crippen LogP) is 2.19. The van der Waals surface area contributed by atoms with E-state index in [0.29, 0.717) is 17.2 Å². The third kappa shape index (κ3) is 3.18. The molecule has 134 valence electrons. The first kappa shape index (κ1) is 17.3. The summed E-state index contributed by atoms with van der Waals surface area (Å²) in [6.07, 6.45) is 1.81. The van der Waals surface area contributed by atoms with Gasteiger partial charge in [0.1, 0.15) is 0 Å². The molecule has 0 aliphatic rings. The van der Waals surface area contributed by atoms with Crippen molar-refractivity contribution in [3.05, 3.63) is 64.1 Å². The molecule has 0 aliphatic heterocycles. The van der Waals surface area contributed by atoms with Gasteiger partial charge in [-0.05, 0) is 25.1 Å². The molecule has 0 bridgehead atoms. The van der Waals surface area contributed by atoms with Gasteiger partial charge >= 0.3 is 0 Å². The molecule has 1 aromatic carbocycles. The molecular weight excluding hydrogens is 336 g/mol. The van der Waals surface area contributed by atoms with Crippen LogP contribution in [0.15, 0.2) is 42.6 Å². The number of nitrogens with one attached hydrogen (secondary N) is 1. The Morgan fingerprint density at radius 2 is 2.04 bits per heavy atom. The Balaban J connectivity index is 1.92. The van der Waals surface area contributed by atoms with E-state index in [1.807, 2.05) is 24.4 Å². The van der Waals surface area contributed by atoms with Gasteiger partial charge in [0.25, 0.3) is 11.6 Å². The van der Waals surface area contributed by atoms with Gasteiger partial charge in [-0.2, -0.15) is 0 Å². The number of hydrogen-bond donors (Lipinski definition) is 1. The van der Waals surface area contributed by atoms with E-state index in [-0.39, 0.29) is 11.3 Å². The third-order valence-corrected chi connectivity index (χ3v) is 3.99. The van der Waals surface area contributed by atoms with Crippen LogP contribution in [0.2, 0.25) is 0 Å². The molecule has 1 amide bonds. The third-order valence-electron chi connectivity index (χ3n) is 3.99. The second-order valence-electron chi connectivity index (χ2n) is 6.04. The van der Waals surface area contributed by atoms with Gasteiger partial charge in [0, 0.05) is 38.1 Å². The first-order valence-electron chi connectivity index (χ1n) is 7.94. The Labute approximate surface area is 149 Å². The lowest BCUT2D eigenvalue weighted by Crippen LogP contribution is -2.29. The molecule has 1 atom stereocenters. The number of amides is 1. The maximum Gasteiger partial charge on any atom is 0.270 e. The normalized spacial score (nSPS) is 12.0. The lowest BCUT2D eigenvalue weighted by atomic mass is 10.1. The highest BCUT2D eigenvalue weighted by Crippen LogP contribution is 2.25. The van der Waals surface area contributed by atoms with E-state index in [1.54, 1.807) is 36.4 Å². The number of anilines is 1. The largest absolute Gasteiger partial charge is 0.377 e. The molecule has 0 saturated heterocycles. The number of rotatable bonds is 5. The second-order valence-corrected chi connectivity index (χ2v) is 6.04. The highest BCUT2D eigenvalue weighted by molar-refractivity contribution is 6.00. The highest BCUT2D eigenvalue weighted by atomic mass is 16.6. The van der Waals surface area contributed by atoms with E-state index >= 15 is 0 Å². The van der Waals surface area contributed by atoms with E-state index in [2.05, 4.69) is 15.5 Å². The minimum Gasteiger partial charge on any atom is -0.377 e. The summed E-state index contributed by atoms with van der Waals surface area (Å²) in [5.74, 6) is 0.156. The molecule has 2 heterocycles. The van der Waals surface area contributed by atoms with Crippen LogP contribution in [0.25, 0.3) is 5.65 Å². The van der Waals surface area contributed by atoms with Gasteiger partial charge < -0.3 is 10.2 Å². The summed E-state index contributed by atoms with van der Waals surface area (Å²) in [5, 5.41) is 22.1. The summed E-state index contributed by atoms with van der Waals surface area (Å²) in [4.78, 5) is 25.0. The van der Waals surface area contributed by atoms with Crippen molar-refractivity contribution < 1.29 is 9.72 Å². The van der Waals surface area contributed by atoms with Crippen molar-refractivity contribution >= 4 is 22.9 Å². The van der Waals surface area contributed by atoms with Crippen molar-refractivity contribution in [2.24, 2.45) is 0 Å². The molecule has 1 unspecified atom stereocenters. The number of nitrogens with zero attached hydrogens (tertiary/aromatic N) is 5. The fourth-order valence-corrected chi connectivity index (χ4v) is 2.70. The minimum absolute atomic E-state index is 0.138. The van der Waals surface area contributed by atoms with E-state index < -0.39 is 16.9 Å². The lowest BCUT2D eigenvalue weighted by Gasteiger charge is -2.18. The van der Waals surface area contributed by atoms with Gasteiger partial charge in [-0.1, -0.05) is 6.07 Å². The van der Waals surface area contributed by atoms with Gasteiger partial charge in [-0.25, -0.2) is 0 Å². The average molecular weight is 354 g/mol. The number of pyridine rings is 1. The smallest absolute Gasteiger partial charge is 0.270 e. The van der Waals surface area contributed by atoms with Crippen molar-refractivity contribution in [2.75, 3.05) is 19.0 Å². The number of nitro benzene ring substituents is 1. The molecule has 2 aromatic heterocycles. The molecule has 9 nitrogen and oxygen atoms in total. The molecule has 3 rings (SSSR count). The topological polar surface area (TPSA) is 106 Å². The number of carbonyl (C=O) groups excluding carboxylic acids is 1. The lowest BCUT2D eigenvalue weighted by molar-refractivity contribution is -0.384. The van der Waals surface area contributed by atoms with E-state index in [1.165, 1.54) is 12.1 Å². The van der Waals surface area contributed by atoms with Crippen LogP contribution in [0, 0.1) is 10.1 Å². The zero-order valence-electron chi connectivity index (χ0n) is 14.6. The van der Waals surface area contributed by atoms with Crippen LogP contribution < -0.4 is 10.2 Å². The van der Waals surface area contributed by atoms with Crippen LogP contribution >= 0.6 is 0 Å². The number of aromatic nitrogens is 3. The number of fused-ring (bicyclic) bond motifs is 1. The second kappa shape index (κ2) is 6.79. The van der Waals surface area contributed by atoms with Gasteiger partial charge in [-0.15, -0.1) is 10.2 Å². The fraction of sp³-hybridized carbons (Fsp3) is 0.235. The number of nitro groups is 1. The zero-order chi connectivity index (χ0) is 18.8. The molecule has 0 aliphatic carbocycles.